The molecule has 0 aliphatic heterocycles. The number of carbonyl (C=O) groups is 4. The zero-order valence-electron chi connectivity index (χ0n) is 24.3. The topological polar surface area (TPSA) is 154 Å². The summed E-state index contributed by atoms with van der Waals surface area (Å²) in [6, 6.07) is 8.23. The number of methoxy groups -OCH3 is 1. The van der Waals surface area contributed by atoms with Crippen LogP contribution in [0.5, 0.6) is 11.5 Å². The Morgan fingerprint density at radius 2 is 1.71 bits per heavy atom. The van der Waals surface area contributed by atoms with Crippen LogP contribution < -0.4 is 10.6 Å². The van der Waals surface area contributed by atoms with Crippen LogP contribution in [0.3, 0.4) is 0 Å². The minimum absolute atomic E-state index is 0.0340. The van der Waals surface area contributed by atoms with Crippen molar-refractivity contribution in [3.05, 3.63) is 59.2 Å². The van der Waals surface area contributed by atoms with Crippen LogP contribution in [-0.4, -0.2) is 70.3 Å². The Bertz CT molecular complexity index is 1270. The highest BCUT2D eigenvalue weighted by Crippen LogP contribution is 2.43. The van der Waals surface area contributed by atoms with Crippen LogP contribution >= 0.6 is 0 Å². The molecule has 41 heavy (non-hydrogen) atoms. The number of carbonyl (C=O) groups excluding carboxylic acids is 4. The number of hydrogen-bond acceptors (Lipinski definition) is 8. The number of alkyl carbamates (subject to hydrolysis) is 1. The predicted octanol–water partition coefficient (Wildman–Crippen LogP) is 3.11. The van der Waals surface area contributed by atoms with Crippen LogP contribution in [0, 0.1) is 12.8 Å². The van der Waals surface area contributed by atoms with Crippen LogP contribution in [-0.2, 0) is 30.3 Å². The molecule has 0 heterocycles. The SMILES string of the molecule is COC(=O)CNC(=O)C(c1cccc(C)c1O)N(C(=O)C(Cc1ccc(O)cc1)NC(=O)OC(C)(C)C)C1CC1C. The average molecular weight is 570 g/mol. The Morgan fingerprint density at radius 3 is 2.27 bits per heavy atom. The van der Waals surface area contributed by atoms with E-state index >= 15 is 0 Å². The quantitative estimate of drug-likeness (QED) is 0.318. The molecular formula is C30H39N3O8. The van der Waals surface area contributed by atoms with Gasteiger partial charge >= 0.3 is 12.1 Å². The third-order valence-electron chi connectivity index (χ3n) is 6.77. The Kier molecular flexibility index (Phi) is 9.85. The number of amides is 3. The van der Waals surface area contributed by atoms with Gasteiger partial charge in [0.05, 0.1) is 7.11 Å². The smallest absolute Gasteiger partial charge is 0.408 e. The molecule has 3 amide bonds. The summed E-state index contributed by atoms with van der Waals surface area (Å²) in [6.45, 7) is 8.26. The number of ether oxygens (including phenoxy) is 2. The molecule has 0 radical (unpaired) electrons. The molecule has 11 heteroatoms. The molecule has 1 saturated carbocycles. The lowest BCUT2D eigenvalue weighted by Gasteiger charge is -2.35. The highest BCUT2D eigenvalue weighted by molar-refractivity contribution is 5.94. The first kappa shape index (κ1) is 31.3. The highest BCUT2D eigenvalue weighted by Gasteiger charge is 2.49. The van der Waals surface area contributed by atoms with Crippen molar-refractivity contribution in [2.45, 2.75) is 71.2 Å². The van der Waals surface area contributed by atoms with Crippen LogP contribution in [0.4, 0.5) is 4.79 Å². The molecule has 11 nitrogen and oxygen atoms in total. The van der Waals surface area contributed by atoms with E-state index in [1.807, 2.05) is 6.92 Å². The Labute approximate surface area is 239 Å². The number of aromatic hydroxyl groups is 2. The average Bonchev–Trinajstić information content (AvgIpc) is 3.62. The fraction of sp³-hybridized carbons (Fsp3) is 0.467. The van der Waals surface area contributed by atoms with E-state index in [-0.39, 0.29) is 35.4 Å². The molecule has 1 aliphatic carbocycles. The zero-order chi connectivity index (χ0) is 30.5. The second-order valence-electron chi connectivity index (χ2n) is 11.3. The van der Waals surface area contributed by atoms with Crippen molar-refractivity contribution >= 4 is 23.9 Å². The van der Waals surface area contributed by atoms with E-state index in [0.29, 0.717) is 17.5 Å². The largest absolute Gasteiger partial charge is 0.508 e. The lowest BCUT2D eigenvalue weighted by Crippen LogP contribution is -2.55. The van der Waals surface area contributed by atoms with Gasteiger partial charge in [0, 0.05) is 18.0 Å². The molecule has 222 valence electrons. The minimum Gasteiger partial charge on any atom is -0.508 e. The van der Waals surface area contributed by atoms with E-state index in [9.17, 15) is 29.4 Å². The van der Waals surface area contributed by atoms with Gasteiger partial charge in [0.2, 0.25) is 11.8 Å². The van der Waals surface area contributed by atoms with Crippen molar-refractivity contribution in [3.8, 4) is 11.5 Å². The molecule has 1 aliphatic rings. The van der Waals surface area contributed by atoms with Gasteiger partial charge in [0.25, 0.3) is 0 Å². The fourth-order valence-corrected chi connectivity index (χ4v) is 4.52. The van der Waals surface area contributed by atoms with Gasteiger partial charge in [-0.05, 0) is 63.3 Å². The van der Waals surface area contributed by atoms with Gasteiger partial charge in [-0.15, -0.1) is 0 Å². The van der Waals surface area contributed by atoms with Crippen LogP contribution in [0.15, 0.2) is 42.5 Å². The van der Waals surface area contributed by atoms with Gasteiger partial charge in [0.1, 0.15) is 35.7 Å². The number of benzene rings is 2. The van der Waals surface area contributed by atoms with Gasteiger partial charge in [-0.3, -0.25) is 14.4 Å². The number of para-hydroxylation sites is 1. The molecular weight excluding hydrogens is 530 g/mol. The highest BCUT2D eigenvalue weighted by atomic mass is 16.6. The maximum atomic E-state index is 14.4. The number of hydrogen-bond donors (Lipinski definition) is 4. The van der Waals surface area contributed by atoms with Crippen molar-refractivity contribution in [1.29, 1.82) is 0 Å². The van der Waals surface area contributed by atoms with Crippen molar-refractivity contribution in [2.24, 2.45) is 5.92 Å². The van der Waals surface area contributed by atoms with Gasteiger partial charge < -0.3 is 35.2 Å². The summed E-state index contributed by atoms with van der Waals surface area (Å²) in [4.78, 5) is 54.1. The van der Waals surface area contributed by atoms with E-state index in [4.69, 9.17) is 4.74 Å². The maximum absolute atomic E-state index is 14.4. The van der Waals surface area contributed by atoms with Crippen LogP contribution in [0.25, 0.3) is 0 Å². The molecule has 4 unspecified atom stereocenters. The molecule has 0 spiro atoms. The second kappa shape index (κ2) is 12.9. The van der Waals surface area contributed by atoms with Gasteiger partial charge in [0.15, 0.2) is 0 Å². The third-order valence-corrected chi connectivity index (χ3v) is 6.77. The summed E-state index contributed by atoms with van der Waals surface area (Å²) in [5, 5.41) is 25.9. The van der Waals surface area contributed by atoms with E-state index < -0.39 is 48.1 Å². The Hall–Kier alpha value is -4.28. The molecule has 4 atom stereocenters. The summed E-state index contributed by atoms with van der Waals surface area (Å²) >= 11 is 0. The zero-order valence-corrected chi connectivity index (χ0v) is 24.3. The van der Waals surface area contributed by atoms with E-state index in [2.05, 4.69) is 15.4 Å². The van der Waals surface area contributed by atoms with Crippen molar-refractivity contribution in [2.75, 3.05) is 13.7 Å². The van der Waals surface area contributed by atoms with Crippen molar-refractivity contribution in [3.63, 3.8) is 0 Å². The normalized spacial score (nSPS) is 17.5. The lowest BCUT2D eigenvalue weighted by molar-refractivity contribution is -0.145. The predicted molar refractivity (Wildman–Crippen MR) is 150 cm³/mol. The molecule has 0 saturated heterocycles. The molecule has 4 N–H and O–H groups in total. The van der Waals surface area contributed by atoms with Crippen LogP contribution in [0.1, 0.15) is 56.8 Å². The number of nitrogens with one attached hydrogen (secondary N) is 2. The monoisotopic (exact) mass is 569 g/mol. The van der Waals surface area contributed by atoms with Crippen LogP contribution in [0.2, 0.25) is 0 Å². The van der Waals surface area contributed by atoms with Crippen molar-refractivity contribution < 1.29 is 38.9 Å². The summed E-state index contributed by atoms with van der Waals surface area (Å²) in [7, 11) is 1.19. The molecule has 2 aromatic carbocycles. The van der Waals surface area contributed by atoms with Crippen molar-refractivity contribution in [1.82, 2.24) is 15.5 Å². The number of phenols is 2. The summed E-state index contributed by atoms with van der Waals surface area (Å²) in [5.41, 5.74) is 0.494. The number of phenolic OH excluding ortho intramolecular Hbond substituents is 2. The number of esters is 1. The second-order valence-corrected chi connectivity index (χ2v) is 11.3. The summed E-state index contributed by atoms with van der Waals surface area (Å²) in [5.74, 6) is -2.02. The third kappa shape index (κ3) is 8.36. The first-order valence-electron chi connectivity index (χ1n) is 13.4. The minimum atomic E-state index is -1.32. The standard InChI is InChI=1S/C30H39N3O8/c1-17-8-7-9-21(26(17)36)25(27(37)31-16-24(35)40-6)33(23-14-18(23)2)28(38)22(32-29(39)41-30(3,4)5)15-19-10-12-20(34)13-11-19/h7-13,18,22-23,25,34,36H,14-16H2,1-6H3,(H,31,37)(H,32,39). The number of rotatable bonds is 10. The van der Waals surface area contributed by atoms with Gasteiger partial charge in [-0.1, -0.05) is 37.3 Å². The Balaban J connectivity index is 2.07. The Morgan fingerprint density at radius 1 is 1.07 bits per heavy atom. The van der Waals surface area contributed by atoms with Gasteiger partial charge in [-0.25, -0.2) is 4.79 Å². The van der Waals surface area contributed by atoms with E-state index in [0.717, 1.165) is 0 Å². The van der Waals surface area contributed by atoms with Gasteiger partial charge in [-0.2, -0.15) is 0 Å². The molecule has 0 aromatic heterocycles. The number of nitrogens with zero attached hydrogens (tertiary/aromatic N) is 1. The van der Waals surface area contributed by atoms with E-state index in [1.165, 1.54) is 24.1 Å². The lowest BCUT2D eigenvalue weighted by atomic mass is 9.97. The molecule has 3 rings (SSSR count). The summed E-state index contributed by atoms with van der Waals surface area (Å²) < 4.78 is 10.1. The molecule has 0 bridgehead atoms. The molecule has 1 fully saturated rings. The first-order chi connectivity index (χ1) is 19.2. The maximum Gasteiger partial charge on any atom is 0.408 e. The fourth-order valence-electron chi connectivity index (χ4n) is 4.52. The molecule has 2 aromatic rings. The van der Waals surface area contributed by atoms with E-state index in [1.54, 1.807) is 58.0 Å². The summed E-state index contributed by atoms with van der Waals surface area (Å²) in [6.07, 6.45) is -0.187. The number of aryl methyl sites for hydroxylation is 1. The first-order valence-corrected chi connectivity index (χ1v) is 13.4.